The molecule has 1 aromatic heterocycles. The maximum atomic E-state index is 13.9. The molecule has 7 heteroatoms. The number of oxazole rings is 1. The molecule has 1 heterocycles. The molecule has 0 spiro atoms. The molecule has 0 fully saturated rings. The molecule has 0 bridgehead atoms. The van der Waals surface area contributed by atoms with Crippen molar-refractivity contribution < 1.29 is 22.7 Å². The van der Waals surface area contributed by atoms with Crippen LogP contribution in [0.3, 0.4) is 0 Å². The third-order valence-corrected chi connectivity index (χ3v) is 3.39. The van der Waals surface area contributed by atoms with Crippen LogP contribution in [0, 0.1) is 11.6 Å². The fourth-order valence-electron chi connectivity index (χ4n) is 2.31. The van der Waals surface area contributed by atoms with Gasteiger partial charge in [0.05, 0.1) is 12.7 Å². The quantitative estimate of drug-likeness (QED) is 0.795. The van der Waals surface area contributed by atoms with Crippen molar-refractivity contribution in [3.05, 3.63) is 59.8 Å². The van der Waals surface area contributed by atoms with Crippen LogP contribution in [0.4, 0.5) is 8.78 Å². The number of halogens is 2. The number of methoxy groups -OCH3 is 1. The molecular weight excluding hydrogens is 318 g/mol. The number of nitrogens with two attached hydrogens (primary N) is 1. The Morgan fingerprint density at radius 1 is 1.12 bits per heavy atom. The lowest BCUT2D eigenvalue weighted by Crippen LogP contribution is -2.12. The van der Waals surface area contributed by atoms with Gasteiger partial charge >= 0.3 is 0 Å². The maximum Gasteiger partial charge on any atom is 0.271 e. The summed E-state index contributed by atoms with van der Waals surface area (Å²) in [6.45, 7) is 0. The zero-order chi connectivity index (χ0) is 17.3. The van der Waals surface area contributed by atoms with E-state index in [0.717, 1.165) is 12.1 Å². The molecule has 1 amide bonds. The first-order valence-electron chi connectivity index (χ1n) is 6.91. The van der Waals surface area contributed by atoms with Gasteiger partial charge in [-0.05, 0) is 24.3 Å². The van der Waals surface area contributed by atoms with Gasteiger partial charge in [-0.25, -0.2) is 13.8 Å². The molecule has 0 radical (unpaired) electrons. The first-order valence-corrected chi connectivity index (χ1v) is 6.91. The Hall–Kier alpha value is -3.22. The number of amides is 1. The van der Waals surface area contributed by atoms with Crippen molar-refractivity contribution in [2.75, 3.05) is 7.11 Å². The fourth-order valence-corrected chi connectivity index (χ4v) is 2.31. The van der Waals surface area contributed by atoms with E-state index < -0.39 is 23.1 Å². The van der Waals surface area contributed by atoms with Gasteiger partial charge in [0.15, 0.2) is 11.5 Å². The number of aromatic nitrogens is 1. The van der Waals surface area contributed by atoms with Crippen LogP contribution in [-0.4, -0.2) is 18.0 Å². The highest BCUT2D eigenvalue weighted by Gasteiger charge is 2.25. The number of rotatable bonds is 4. The second-order valence-electron chi connectivity index (χ2n) is 4.86. The average Bonchev–Trinajstić information content (AvgIpc) is 2.99. The molecular formula is C17H12F2N2O3. The standard InChI is InChI=1S/C17H12F2N2O3/c1-23-12-8-3-2-5-9(12)15-14(16(20)22)21-17(24-15)13-10(18)6-4-7-11(13)19/h2-8H,1H3,(H2,20,22). The van der Waals surface area contributed by atoms with Crippen molar-refractivity contribution in [1.82, 2.24) is 4.98 Å². The molecule has 0 aliphatic carbocycles. The Balaban J connectivity index is 2.25. The van der Waals surface area contributed by atoms with Gasteiger partial charge in [0.25, 0.3) is 5.91 Å². The second-order valence-corrected chi connectivity index (χ2v) is 4.86. The van der Waals surface area contributed by atoms with E-state index in [4.69, 9.17) is 14.9 Å². The van der Waals surface area contributed by atoms with Gasteiger partial charge in [0.2, 0.25) is 5.89 Å². The molecule has 2 N–H and O–H groups in total. The lowest BCUT2D eigenvalue weighted by Gasteiger charge is -2.05. The number of ether oxygens (including phenoxy) is 1. The highest BCUT2D eigenvalue weighted by molar-refractivity contribution is 5.97. The Morgan fingerprint density at radius 3 is 2.42 bits per heavy atom. The molecule has 5 nitrogen and oxygen atoms in total. The third kappa shape index (κ3) is 2.60. The average molecular weight is 330 g/mol. The molecule has 2 aromatic carbocycles. The normalized spacial score (nSPS) is 10.6. The van der Waals surface area contributed by atoms with Crippen molar-refractivity contribution in [2.45, 2.75) is 0 Å². The van der Waals surface area contributed by atoms with Crippen molar-refractivity contribution >= 4 is 5.91 Å². The third-order valence-electron chi connectivity index (χ3n) is 3.39. The van der Waals surface area contributed by atoms with Gasteiger partial charge < -0.3 is 14.9 Å². The van der Waals surface area contributed by atoms with E-state index in [9.17, 15) is 13.6 Å². The predicted octanol–water partition coefficient (Wildman–Crippen LogP) is 3.39. The SMILES string of the molecule is COc1ccccc1-c1oc(-c2c(F)cccc2F)nc1C(N)=O. The van der Waals surface area contributed by atoms with Gasteiger partial charge in [-0.15, -0.1) is 0 Å². The number of hydrogen-bond acceptors (Lipinski definition) is 4. The van der Waals surface area contributed by atoms with E-state index in [1.54, 1.807) is 24.3 Å². The van der Waals surface area contributed by atoms with E-state index in [1.807, 2.05) is 0 Å². The summed E-state index contributed by atoms with van der Waals surface area (Å²) in [4.78, 5) is 15.6. The molecule has 3 rings (SSSR count). The van der Waals surface area contributed by atoms with Crippen LogP contribution in [-0.2, 0) is 0 Å². The van der Waals surface area contributed by atoms with Crippen LogP contribution in [0.15, 0.2) is 46.9 Å². The first kappa shape index (κ1) is 15.7. The van der Waals surface area contributed by atoms with E-state index in [0.29, 0.717) is 11.3 Å². The molecule has 3 aromatic rings. The van der Waals surface area contributed by atoms with E-state index >= 15 is 0 Å². The predicted molar refractivity (Wildman–Crippen MR) is 82.4 cm³/mol. The second kappa shape index (κ2) is 6.11. The van der Waals surface area contributed by atoms with Gasteiger partial charge in [-0.2, -0.15) is 0 Å². The van der Waals surface area contributed by atoms with Crippen LogP contribution in [0.25, 0.3) is 22.8 Å². The van der Waals surface area contributed by atoms with Crippen LogP contribution < -0.4 is 10.5 Å². The summed E-state index contributed by atoms with van der Waals surface area (Å²) >= 11 is 0. The molecule has 0 unspecified atom stereocenters. The molecule has 0 aliphatic rings. The number of nitrogens with zero attached hydrogens (tertiary/aromatic N) is 1. The Labute approximate surface area is 135 Å². The van der Waals surface area contributed by atoms with Crippen molar-refractivity contribution in [3.8, 4) is 28.5 Å². The molecule has 0 atom stereocenters. The van der Waals surface area contributed by atoms with Crippen molar-refractivity contribution in [2.24, 2.45) is 5.73 Å². The summed E-state index contributed by atoms with van der Waals surface area (Å²) < 4.78 is 38.6. The van der Waals surface area contributed by atoms with E-state index in [1.165, 1.54) is 13.2 Å². The number of para-hydroxylation sites is 1. The minimum atomic E-state index is -0.886. The molecule has 0 saturated carbocycles. The highest BCUT2D eigenvalue weighted by Crippen LogP contribution is 2.36. The van der Waals surface area contributed by atoms with Crippen LogP contribution in [0.1, 0.15) is 10.5 Å². The zero-order valence-corrected chi connectivity index (χ0v) is 12.5. The summed E-state index contributed by atoms with van der Waals surface area (Å²) in [7, 11) is 1.44. The first-order chi connectivity index (χ1) is 11.5. The van der Waals surface area contributed by atoms with Crippen molar-refractivity contribution in [3.63, 3.8) is 0 Å². The fraction of sp³-hybridized carbons (Fsp3) is 0.0588. The number of primary amides is 1. The van der Waals surface area contributed by atoms with Gasteiger partial charge in [0.1, 0.15) is 22.9 Å². The minimum Gasteiger partial charge on any atom is -0.496 e. The molecule has 0 aliphatic heterocycles. The summed E-state index contributed by atoms with van der Waals surface area (Å²) in [6.07, 6.45) is 0. The molecule has 24 heavy (non-hydrogen) atoms. The topological polar surface area (TPSA) is 78.3 Å². The number of carbonyl (C=O) groups is 1. The van der Waals surface area contributed by atoms with Crippen molar-refractivity contribution in [1.29, 1.82) is 0 Å². The largest absolute Gasteiger partial charge is 0.496 e. The van der Waals surface area contributed by atoms with Crippen LogP contribution in [0.5, 0.6) is 5.75 Å². The van der Waals surface area contributed by atoms with Gasteiger partial charge in [0, 0.05) is 0 Å². The number of hydrogen-bond donors (Lipinski definition) is 1. The monoisotopic (exact) mass is 330 g/mol. The van der Waals surface area contributed by atoms with E-state index in [2.05, 4.69) is 4.98 Å². The Kier molecular flexibility index (Phi) is 3.99. The smallest absolute Gasteiger partial charge is 0.271 e. The number of benzene rings is 2. The Morgan fingerprint density at radius 2 is 1.79 bits per heavy atom. The zero-order valence-electron chi connectivity index (χ0n) is 12.5. The van der Waals surface area contributed by atoms with E-state index in [-0.39, 0.29) is 17.3 Å². The number of carbonyl (C=O) groups excluding carboxylic acids is 1. The molecule has 0 saturated heterocycles. The highest BCUT2D eigenvalue weighted by atomic mass is 19.1. The van der Waals surface area contributed by atoms with Crippen LogP contribution in [0.2, 0.25) is 0 Å². The lowest BCUT2D eigenvalue weighted by molar-refractivity contribution is 0.0996. The minimum absolute atomic E-state index is 0.0161. The maximum absolute atomic E-state index is 13.9. The molecule has 122 valence electrons. The summed E-state index contributed by atoms with van der Waals surface area (Å²) in [5.41, 5.74) is 5.00. The Bertz CT molecular complexity index is 902. The lowest BCUT2D eigenvalue weighted by atomic mass is 10.1. The van der Waals surface area contributed by atoms with Gasteiger partial charge in [-0.3, -0.25) is 4.79 Å². The summed E-state index contributed by atoms with van der Waals surface area (Å²) in [5.74, 6) is -2.60. The summed E-state index contributed by atoms with van der Waals surface area (Å²) in [6, 6.07) is 10.0. The van der Waals surface area contributed by atoms with Crippen LogP contribution >= 0.6 is 0 Å². The summed E-state index contributed by atoms with van der Waals surface area (Å²) in [5, 5.41) is 0. The van der Waals surface area contributed by atoms with Gasteiger partial charge in [-0.1, -0.05) is 18.2 Å².